The van der Waals surface area contributed by atoms with Crippen molar-refractivity contribution in [2.75, 3.05) is 0 Å². The number of halogens is 3. The second-order valence-electron chi connectivity index (χ2n) is 13.5. The van der Waals surface area contributed by atoms with Gasteiger partial charge in [-0.25, -0.2) is 0 Å². The average molecular weight is 893 g/mol. The van der Waals surface area contributed by atoms with Gasteiger partial charge in [-0.2, -0.15) is 0 Å². The smallest absolute Gasteiger partial charge is 0.0793 e. The van der Waals surface area contributed by atoms with Gasteiger partial charge >= 0.3 is 202 Å². The molecule has 0 fully saturated rings. The van der Waals surface area contributed by atoms with Gasteiger partial charge in [0.2, 0.25) is 0 Å². The molecule has 0 aromatic heterocycles. The Bertz CT molecular complexity index is 1780. The summed E-state index contributed by atoms with van der Waals surface area (Å²) in [6.07, 6.45) is 4.93. The maximum absolute atomic E-state index is 9.66. The Hall–Kier alpha value is -1.49. The zero-order chi connectivity index (χ0) is 37.3. The zero-order valence-corrected chi connectivity index (χ0v) is 34.9. The van der Waals surface area contributed by atoms with Crippen molar-refractivity contribution in [3.05, 3.63) is 159 Å². The van der Waals surface area contributed by atoms with Crippen molar-refractivity contribution in [1.29, 1.82) is 0 Å². The number of aliphatic hydroxyl groups is 1. The molecule has 2 aliphatic rings. The summed E-state index contributed by atoms with van der Waals surface area (Å²) in [4.78, 5) is 0. The predicted octanol–water partition coefficient (Wildman–Crippen LogP) is 7.69. The van der Waals surface area contributed by atoms with E-state index in [1.807, 2.05) is 12.1 Å². The van der Waals surface area contributed by atoms with E-state index in [1.165, 1.54) is 46.1 Å². The fraction of sp³-hybridized carbons (Fsp3) is 0.231. The summed E-state index contributed by atoms with van der Waals surface area (Å²) in [5.41, 5.74) is 5.73. The van der Waals surface area contributed by atoms with Gasteiger partial charge in [-0.1, -0.05) is 29.4 Å². The molecule has 0 bridgehead atoms. The van der Waals surface area contributed by atoms with E-state index < -0.39 is 18.1 Å². The Balaban J connectivity index is 0.000000234. The normalized spacial score (nSPS) is 16.5. The van der Waals surface area contributed by atoms with Crippen LogP contribution < -0.4 is 15.9 Å². The Morgan fingerprint density at radius 1 is 0.604 bits per heavy atom. The van der Waals surface area contributed by atoms with Gasteiger partial charge in [0.15, 0.2) is 0 Å². The second kappa shape index (κ2) is 20.1. The second-order valence-corrected chi connectivity index (χ2v) is 24.1. The van der Waals surface area contributed by atoms with E-state index in [4.69, 9.17) is 38.7 Å². The Kier molecular flexibility index (Phi) is 16.8. The average Bonchev–Trinajstić information content (AvgIpc) is 3.16. The minimum atomic E-state index is -3.03. The third-order valence-corrected chi connectivity index (χ3v) is 22.0. The summed E-state index contributed by atoms with van der Waals surface area (Å²) in [5.74, 6) is 0. The summed E-state index contributed by atoms with van der Waals surface area (Å²) < 4.78 is 2.21. The molecule has 255 valence electrons. The summed E-state index contributed by atoms with van der Waals surface area (Å²) in [5, 5.41) is 10.8. The van der Waals surface area contributed by atoms with Crippen LogP contribution in [0.3, 0.4) is 0 Å². The minimum Gasteiger partial charge on any atom is -0.388 e. The van der Waals surface area contributed by atoms with E-state index >= 15 is 0 Å². The third kappa shape index (κ3) is 9.73. The molecule has 2 unspecified atom stereocenters. The van der Waals surface area contributed by atoms with Crippen molar-refractivity contribution in [2.45, 2.75) is 57.7 Å². The van der Waals surface area contributed by atoms with Gasteiger partial charge in [-0.3, -0.25) is 0 Å². The van der Waals surface area contributed by atoms with Crippen molar-refractivity contribution in [1.82, 2.24) is 0 Å². The summed E-state index contributed by atoms with van der Waals surface area (Å²) in [7, 11) is 27.5. The van der Waals surface area contributed by atoms with Crippen LogP contribution >= 0.6 is 52.7 Å². The number of aliphatic hydroxyl groups excluding tert-OH is 1. The number of hydrogen-bond acceptors (Lipinski definition) is 1. The van der Waals surface area contributed by atoms with Crippen molar-refractivity contribution < 1.29 is 5.11 Å². The first-order valence-electron chi connectivity index (χ1n) is 17.7. The molecule has 7 rings (SSSR count). The minimum absolute atomic E-state index is 0. The van der Waals surface area contributed by atoms with Gasteiger partial charge in [-0.15, -0.1) is 0 Å². The molecular weight excluding hydrogens is 852 g/mol. The molecule has 5 aromatic carbocycles. The first kappa shape index (κ1) is 44.2. The maximum atomic E-state index is 9.66. The standard InChI is InChI=1S/C28H25Br2P.C10H11BrO.CH4.B9/c29-23-20-19-22-11-10-18-28(27(22)21-23)31(30,24-12-4-1-5-13-24,25-14-6-2-7-15-25)26-16-8-3-9-17-26;11-8-5-4-7-2-1-3-10(12)9(7)6-8;;1-6-9(7(2)3)8(4)5/h1-9,12-17,19-21,28H,10-11,18H2;4-6,10,12H,1-3H2;1H4;. The van der Waals surface area contributed by atoms with Crippen LogP contribution in [-0.2, 0) is 12.8 Å². The fourth-order valence-corrected chi connectivity index (χ4v) is 17.5. The van der Waals surface area contributed by atoms with Crippen molar-refractivity contribution in [3.8, 4) is 0 Å². The number of fused-ring (bicyclic) bond motifs is 2. The summed E-state index contributed by atoms with van der Waals surface area (Å²) in [6.45, 7) is 0. The first-order chi connectivity index (χ1) is 25.0. The monoisotopic (exact) mass is 891 g/mol. The molecule has 0 amide bonds. The van der Waals surface area contributed by atoms with Crippen LogP contribution in [0.5, 0.6) is 0 Å². The molecule has 5 aromatic rings. The molecule has 1 nitrogen and oxygen atoms in total. The molecule has 11 radical (unpaired) electrons. The van der Waals surface area contributed by atoms with Crippen LogP contribution in [0.1, 0.15) is 67.1 Å². The molecule has 0 saturated heterocycles. The molecule has 1 N–H and O–H groups in total. The third-order valence-electron chi connectivity index (χ3n) is 10.3. The first-order valence-corrected chi connectivity index (χ1v) is 23.6. The van der Waals surface area contributed by atoms with Gasteiger partial charge in [0, 0.05) is 69.4 Å². The Morgan fingerprint density at radius 2 is 1.00 bits per heavy atom. The molecule has 14 heteroatoms. The van der Waals surface area contributed by atoms with Crippen molar-refractivity contribution in [3.63, 3.8) is 0 Å². The quantitative estimate of drug-likeness (QED) is 0.131. The molecule has 53 heavy (non-hydrogen) atoms. The van der Waals surface area contributed by atoms with Crippen LogP contribution in [0, 0.1) is 0 Å². The van der Waals surface area contributed by atoms with Crippen molar-refractivity contribution >= 4 is 133 Å². The maximum Gasteiger partial charge on any atom is 0.0793 e. The zero-order valence-electron chi connectivity index (χ0n) is 29.2. The number of benzene rings is 5. The number of hydrogen-bond donors (Lipinski definition) is 1. The van der Waals surface area contributed by atoms with Crippen LogP contribution in [0.4, 0.5) is 0 Å². The van der Waals surface area contributed by atoms with Gasteiger partial charge in [-0.05, 0) is 42.5 Å². The molecular formula is C39H40B9Br3OP. The van der Waals surface area contributed by atoms with Gasteiger partial charge < -0.3 is 5.11 Å². The van der Waals surface area contributed by atoms with E-state index in [-0.39, 0.29) is 19.9 Å². The van der Waals surface area contributed by atoms with E-state index in [2.05, 4.69) is 163 Å². The summed E-state index contributed by atoms with van der Waals surface area (Å²) >= 11 is 11.9. The molecule has 0 aliphatic heterocycles. The van der Waals surface area contributed by atoms with Crippen molar-refractivity contribution in [2.24, 2.45) is 0 Å². The van der Waals surface area contributed by atoms with Gasteiger partial charge in [0.05, 0.1) is 6.10 Å². The molecule has 0 spiro atoms. The number of rotatable bonds is 7. The van der Waals surface area contributed by atoms with E-state index in [0.717, 1.165) is 46.6 Å². The van der Waals surface area contributed by atoms with E-state index in [0.29, 0.717) is 5.66 Å². The van der Waals surface area contributed by atoms with Crippen LogP contribution in [-0.4, -0.2) is 70.0 Å². The molecule has 0 heterocycles. The largest absolute Gasteiger partial charge is 0.388 e. The van der Waals surface area contributed by atoms with Crippen LogP contribution in [0.25, 0.3) is 0 Å². The van der Waals surface area contributed by atoms with Crippen LogP contribution in [0.2, 0.25) is 0 Å². The van der Waals surface area contributed by atoms with Crippen LogP contribution in [0.15, 0.2) is 136 Å². The topological polar surface area (TPSA) is 20.2 Å². The number of aryl methyl sites for hydroxylation is 2. The predicted molar refractivity (Wildman–Crippen MR) is 254 cm³/mol. The molecule has 2 aliphatic carbocycles. The Morgan fingerprint density at radius 3 is 1.40 bits per heavy atom. The summed E-state index contributed by atoms with van der Waals surface area (Å²) in [6, 6.07) is 46.5. The van der Waals surface area contributed by atoms with Gasteiger partial charge in [0.25, 0.3) is 0 Å². The van der Waals surface area contributed by atoms with E-state index in [9.17, 15) is 5.11 Å². The van der Waals surface area contributed by atoms with E-state index in [1.54, 1.807) is 0 Å². The fourth-order valence-electron chi connectivity index (χ4n) is 7.65. The SMILES string of the molecule is Brc1ccc2c(c1)C(P(Br)(c1ccccc1)(c1ccccc1)c1ccccc1)CCC2.C.OC1CCCc2ccc(Br)cc21.[B][B]B(B([B])[B])B([B])[B]. The Labute approximate surface area is 352 Å². The molecule has 2 atom stereocenters. The molecule has 0 saturated carbocycles. The van der Waals surface area contributed by atoms with Gasteiger partial charge in [0.1, 0.15) is 0 Å².